The molecule has 2 N–H and O–H groups in total. The summed E-state index contributed by atoms with van der Waals surface area (Å²) in [6.45, 7) is 3.36. The number of carbonyl (C=O) groups is 1. The molecule has 12 nitrogen and oxygen atoms in total. The van der Waals surface area contributed by atoms with Gasteiger partial charge in [0.15, 0.2) is 16.1 Å². The predicted molar refractivity (Wildman–Crippen MR) is 137 cm³/mol. The molecule has 0 atom stereocenters. The van der Waals surface area contributed by atoms with Crippen LogP contribution in [0.4, 0.5) is 23.2 Å². The molecule has 0 aliphatic carbocycles. The molecule has 0 radical (unpaired) electrons. The van der Waals surface area contributed by atoms with Crippen LogP contribution in [0.1, 0.15) is 23.7 Å². The van der Waals surface area contributed by atoms with Gasteiger partial charge in [0.2, 0.25) is 5.01 Å². The summed E-state index contributed by atoms with van der Waals surface area (Å²) < 4.78 is 55.7. The maximum atomic E-state index is 13.0. The first-order valence-corrected chi connectivity index (χ1v) is 12.6. The van der Waals surface area contributed by atoms with Crippen molar-refractivity contribution in [3.8, 4) is 5.19 Å². The molecule has 0 aliphatic heterocycles. The smallest absolute Gasteiger partial charge is 0.445 e. The Morgan fingerprint density at radius 3 is 2.41 bits per heavy atom. The number of ether oxygens (including phenoxy) is 1. The summed E-state index contributed by atoms with van der Waals surface area (Å²) in [6, 6.07) is 5.02. The second-order valence-corrected chi connectivity index (χ2v) is 10.0. The van der Waals surface area contributed by atoms with E-state index in [0.717, 1.165) is 4.88 Å². The fraction of sp³-hybridized carbons (Fsp3) is 0.350. The van der Waals surface area contributed by atoms with Crippen LogP contribution in [-0.2, 0) is 17.5 Å². The van der Waals surface area contributed by atoms with Gasteiger partial charge in [-0.05, 0) is 38.1 Å². The fourth-order valence-electron chi connectivity index (χ4n) is 2.70. The highest BCUT2D eigenvalue weighted by Gasteiger charge is 2.36. The summed E-state index contributed by atoms with van der Waals surface area (Å²) in [4.78, 5) is 32.1. The standard InChI is InChI=1S/C14H13F4N3O2S.C6H8ClN5O2S/c1-8(2)21(10-5-3-9(15)4-6-10)11(22)7-23-13-20-19-12(24-13)14(16,17)18;1-8-6(11-12(13)14)10-3-4-2-9-5(7)15-4/h3-6,8H,7H2,1-2H3;2H,3H2,1H3,(H2,8,10,11). The Bertz CT molecular complexity index is 1270. The molecule has 0 saturated heterocycles. The van der Waals surface area contributed by atoms with Crippen molar-refractivity contribution in [2.45, 2.75) is 32.6 Å². The normalized spacial score (nSPS) is 11.5. The van der Waals surface area contributed by atoms with Crippen LogP contribution in [-0.4, -0.2) is 51.8 Å². The van der Waals surface area contributed by atoms with Crippen LogP contribution in [0, 0.1) is 15.9 Å². The van der Waals surface area contributed by atoms with Crippen molar-refractivity contribution in [2.75, 3.05) is 18.6 Å². The number of benzene rings is 1. The number of rotatable bonds is 8. The molecule has 0 aliphatic rings. The Morgan fingerprint density at radius 2 is 1.92 bits per heavy atom. The van der Waals surface area contributed by atoms with Crippen LogP contribution in [0.3, 0.4) is 0 Å². The molecule has 2 heterocycles. The van der Waals surface area contributed by atoms with Crippen LogP contribution >= 0.6 is 34.3 Å². The lowest BCUT2D eigenvalue weighted by Crippen LogP contribution is -2.40. The molecule has 3 rings (SSSR count). The molecule has 212 valence electrons. The van der Waals surface area contributed by atoms with E-state index in [0.29, 0.717) is 16.7 Å². The number of aromatic nitrogens is 3. The largest absolute Gasteiger partial charge is 0.459 e. The molecule has 0 saturated carbocycles. The highest BCUT2D eigenvalue weighted by molar-refractivity contribution is 7.15. The first-order chi connectivity index (χ1) is 18.3. The maximum absolute atomic E-state index is 13.0. The van der Waals surface area contributed by atoms with Gasteiger partial charge in [-0.1, -0.05) is 33.5 Å². The molecule has 0 spiro atoms. The van der Waals surface area contributed by atoms with E-state index in [-0.39, 0.29) is 28.5 Å². The third-order valence-corrected chi connectivity index (χ3v) is 6.23. The summed E-state index contributed by atoms with van der Waals surface area (Å²) in [5, 5.41) is 16.9. The number of carbonyl (C=O) groups excluding carboxylic acids is 1. The highest BCUT2D eigenvalue weighted by Crippen LogP contribution is 2.33. The fourth-order valence-corrected chi connectivity index (χ4v) is 4.18. The summed E-state index contributed by atoms with van der Waals surface area (Å²) in [5.41, 5.74) is 2.37. The first-order valence-electron chi connectivity index (χ1n) is 10.6. The van der Waals surface area contributed by atoms with Crippen molar-refractivity contribution >= 4 is 51.8 Å². The van der Waals surface area contributed by atoms with Gasteiger partial charge in [-0.3, -0.25) is 9.79 Å². The molecule has 0 fully saturated rings. The van der Waals surface area contributed by atoms with Gasteiger partial charge in [-0.2, -0.15) is 13.2 Å². The first kappa shape index (κ1) is 31.6. The van der Waals surface area contributed by atoms with E-state index in [1.165, 1.54) is 47.5 Å². The lowest BCUT2D eigenvalue weighted by Gasteiger charge is -2.26. The van der Waals surface area contributed by atoms with E-state index in [9.17, 15) is 32.5 Å². The van der Waals surface area contributed by atoms with Gasteiger partial charge in [0.25, 0.3) is 17.1 Å². The lowest BCUT2D eigenvalue weighted by atomic mass is 10.2. The van der Waals surface area contributed by atoms with E-state index in [2.05, 4.69) is 25.5 Å². The number of alkyl halides is 3. The molecule has 39 heavy (non-hydrogen) atoms. The SMILES string of the molecule is CC(C)N(C(=O)COc1nnc(C(F)(F)F)s1)c1ccc(F)cc1.CN=C(NCc1cnc(Cl)s1)N[N+](=O)[O-]. The van der Waals surface area contributed by atoms with Crippen molar-refractivity contribution < 1.29 is 32.1 Å². The molecule has 0 unspecified atom stereocenters. The number of hydrogen-bond acceptors (Lipinski definition) is 10. The second kappa shape index (κ2) is 14.5. The van der Waals surface area contributed by atoms with E-state index in [1.54, 1.807) is 20.0 Å². The number of amides is 1. The van der Waals surface area contributed by atoms with Crippen LogP contribution in [0.15, 0.2) is 35.5 Å². The average Bonchev–Trinajstić information content (AvgIpc) is 3.51. The number of guanidine groups is 1. The third kappa shape index (κ3) is 10.6. The van der Waals surface area contributed by atoms with Crippen molar-refractivity contribution in [1.29, 1.82) is 0 Å². The lowest BCUT2D eigenvalue weighted by molar-refractivity contribution is -0.525. The van der Waals surface area contributed by atoms with Gasteiger partial charge in [0.05, 0.1) is 6.54 Å². The van der Waals surface area contributed by atoms with Crippen LogP contribution in [0.5, 0.6) is 5.19 Å². The molecule has 0 bridgehead atoms. The monoisotopic (exact) mass is 612 g/mol. The Hall–Kier alpha value is -3.64. The minimum Gasteiger partial charge on any atom is -0.459 e. The zero-order valence-electron chi connectivity index (χ0n) is 20.4. The Kier molecular flexibility index (Phi) is 11.7. The summed E-state index contributed by atoms with van der Waals surface area (Å²) in [5.74, 6) is -0.857. The van der Waals surface area contributed by atoms with Crippen LogP contribution < -0.4 is 20.4 Å². The highest BCUT2D eigenvalue weighted by atomic mass is 35.5. The molecule has 3 aromatic rings. The minimum atomic E-state index is -4.61. The number of thiazole rings is 1. The molecular weight excluding hydrogens is 592 g/mol. The number of nitro groups is 1. The maximum Gasteiger partial charge on any atom is 0.445 e. The van der Waals surface area contributed by atoms with E-state index < -0.39 is 34.5 Å². The number of nitrogens with one attached hydrogen (secondary N) is 2. The molecule has 1 aromatic carbocycles. The quantitative estimate of drug-likeness (QED) is 0.126. The summed E-state index contributed by atoms with van der Waals surface area (Å²) in [6.07, 6.45) is -3.01. The predicted octanol–water partition coefficient (Wildman–Crippen LogP) is 4.17. The number of hydrazine groups is 1. The Labute approximate surface area is 231 Å². The number of anilines is 1. The molecular formula is C20H21ClF4N8O4S2. The second-order valence-electron chi connectivity index (χ2n) is 7.37. The molecule has 2 aromatic heterocycles. The van der Waals surface area contributed by atoms with Gasteiger partial charge >= 0.3 is 6.18 Å². The van der Waals surface area contributed by atoms with Crippen molar-refractivity contribution in [2.24, 2.45) is 4.99 Å². The van der Waals surface area contributed by atoms with Gasteiger partial charge < -0.3 is 15.0 Å². The topological polar surface area (TPSA) is 148 Å². The molecule has 1 amide bonds. The number of halogens is 5. The Morgan fingerprint density at radius 1 is 1.26 bits per heavy atom. The van der Waals surface area contributed by atoms with E-state index in [1.807, 2.05) is 5.43 Å². The zero-order chi connectivity index (χ0) is 29.2. The summed E-state index contributed by atoms with van der Waals surface area (Å²) in [7, 11) is 1.44. The average molecular weight is 613 g/mol. The number of aliphatic imine (C=N–C) groups is 1. The van der Waals surface area contributed by atoms with Crippen molar-refractivity contribution in [3.63, 3.8) is 0 Å². The number of hydrogen-bond donors (Lipinski definition) is 2. The third-order valence-electron chi connectivity index (χ3n) is 4.23. The van der Waals surface area contributed by atoms with Gasteiger partial charge in [0, 0.05) is 29.9 Å². The minimum absolute atomic E-state index is 0.0875. The van der Waals surface area contributed by atoms with E-state index in [4.69, 9.17) is 16.3 Å². The van der Waals surface area contributed by atoms with E-state index >= 15 is 0 Å². The van der Waals surface area contributed by atoms with Crippen LogP contribution in [0.2, 0.25) is 4.47 Å². The van der Waals surface area contributed by atoms with Crippen molar-refractivity contribution in [1.82, 2.24) is 25.9 Å². The van der Waals surface area contributed by atoms with Gasteiger partial charge in [-0.15, -0.1) is 16.4 Å². The Balaban J connectivity index is 0.000000306. The molecule has 19 heteroatoms. The van der Waals surface area contributed by atoms with Crippen LogP contribution in [0.25, 0.3) is 0 Å². The zero-order valence-corrected chi connectivity index (χ0v) is 22.8. The van der Waals surface area contributed by atoms with Gasteiger partial charge in [-0.25, -0.2) is 19.5 Å². The number of nitrogens with zero attached hydrogens (tertiary/aromatic N) is 6. The summed E-state index contributed by atoms with van der Waals surface area (Å²) >= 11 is 7.13. The van der Waals surface area contributed by atoms with Gasteiger partial charge in [0.1, 0.15) is 5.82 Å². The van der Waals surface area contributed by atoms with Crippen molar-refractivity contribution in [3.05, 3.63) is 60.7 Å².